The minimum Gasteiger partial charge on any atom is -0.439 e. The number of hydrogen-bond donors (Lipinski definition) is 0. The van der Waals surface area contributed by atoms with Crippen LogP contribution in [-0.4, -0.2) is 33.1 Å². The third kappa shape index (κ3) is 3.91. The van der Waals surface area contributed by atoms with Gasteiger partial charge in [0.05, 0.1) is 6.04 Å². The number of aromatic nitrogens is 3. The maximum atomic E-state index is 6.06. The number of hydrogen-bond acceptors (Lipinski definition) is 6. The van der Waals surface area contributed by atoms with E-state index in [1.807, 2.05) is 48.5 Å². The predicted molar refractivity (Wildman–Crippen MR) is 111 cm³/mol. The molecule has 0 N–H and O–H groups in total. The molecular formula is C22H21ClN4O2. The number of rotatable bonds is 5. The molecule has 0 spiro atoms. The highest BCUT2D eigenvalue weighted by Gasteiger charge is 2.28. The van der Waals surface area contributed by atoms with Gasteiger partial charge in [0.25, 0.3) is 0 Å². The number of benzene rings is 2. The Morgan fingerprint density at radius 3 is 2.90 bits per heavy atom. The molecule has 2 aromatic heterocycles. The van der Waals surface area contributed by atoms with Crippen LogP contribution in [0.3, 0.4) is 0 Å². The lowest BCUT2D eigenvalue weighted by molar-refractivity contribution is 0.125. The second-order valence-corrected chi connectivity index (χ2v) is 7.78. The molecule has 0 radical (unpaired) electrons. The Balaban J connectivity index is 1.30. The average molecular weight is 409 g/mol. The van der Waals surface area contributed by atoms with Crippen molar-refractivity contribution in [3.63, 3.8) is 0 Å². The summed E-state index contributed by atoms with van der Waals surface area (Å²) in [5, 5.41) is 4.76. The molecule has 29 heavy (non-hydrogen) atoms. The number of likely N-dealkylation sites (tertiary alicyclic amines) is 1. The van der Waals surface area contributed by atoms with Gasteiger partial charge in [0.1, 0.15) is 5.52 Å². The molecule has 0 bridgehead atoms. The van der Waals surface area contributed by atoms with Crippen LogP contribution in [-0.2, 0) is 6.42 Å². The monoisotopic (exact) mass is 408 g/mol. The maximum Gasteiger partial charge on any atom is 0.228 e. The molecule has 148 valence electrons. The quantitative estimate of drug-likeness (QED) is 0.446. The van der Waals surface area contributed by atoms with Gasteiger partial charge in [-0.05, 0) is 43.7 Å². The number of oxazole rings is 1. The van der Waals surface area contributed by atoms with Gasteiger partial charge >= 0.3 is 0 Å². The molecule has 0 saturated carbocycles. The number of halogens is 1. The Bertz CT molecular complexity index is 1090. The molecule has 1 saturated heterocycles. The predicted octanol–water partition coefficient (Wildman–Crippen LogP) is 5.30. The van der Waals surface area contributed by atoms with Crippen LogP contribution in [0.2, 0.25) is 5.02 Å². The van der Waals surface area contributed by atoms with E-state index in [4.69, 9.17) is 25.5 Å². The lowest BCUT2D eigenvalue weighted by Crippen LogP contribution is -2.35. The van der Waals surface area contributed by atoms with E-state index in [1.54, 1.807) is 0 Å². The van der Waals surface area contributed by atoms with Gasteiger partial charge in [-0.25, -0.2) is 4.98 Å². The summed E-state index contributed by atoms with van der Waals surface area (Å²) in [6.07, 6.45) is 4.09. The van der Waals surface area contributed by atoms with E-state index in [9.17, 15) is 0 Å². The van der Waals surface area contributed by atoms with Crippen molar-refractivity contribution in [2.45, 2.75) is 31.7 Å². The molecule has 4 aromatic rings. The molecule has 6 nitrogen and oxygen atoms in total. The van der Waals surface area contributed by atoms with E-state index >= 15 is 0 Å². The normalized spacial score (nSPS) is 17.8. The van der Waals surface area contributed by atoms with Crippen LogP contribution < -0.4 is 0 Å². The molecule has 1 aliphatic heterocycles. The van der Waals surface area contributed by atoms with Crippen LogP contribution in [0.25, 0.3) is 22.5 Å². The summed E-state index contributed by atoms with van der Waals surface area (Å²) in [5.41, 5.74) is 2.61. The average Bonchev–Trinajstić information content (AvgIpc) is 3.39. The maximum absolute atomic E-state index is 6.06. The van der Waals surface area contributed by atoms with Crippen LogP contribution >= 0.6 is 11.6 Å². The molecule has 0 amide bonds. The molecule has 7 heteroatoms. The van der Waals surface area contributed by atoms with E-state index in [1.165, 1.54) is 12.8 Å². The Morgan fingerprint density at radius 1 is 1.07 bits per heavy atom. The first-order valence-electron chi connectivity index (χ1n) is 9.94. The number of fused-ring (bicyclic) bond motifs is 1. The van der Waals surface area contributed by atoms with Crippen molar-refractivity contribution >= 4 is 22.7 Å². The highest BCUT2D eigenvalue weighted by molar-refractivity contribution is 6.30. The summed E-state index contributed by atoms with van der Waals surface area (Å²) >= 11 is 6.06. The molecular weight excluding hydrogens is 388 g/mol. The van der Waals surface area contributed by atoms with E-state index in [-0.39, 0.29) is 6.04 Å². The topological polar surface area (TPSA) is 68.2 Å². The van der Waals surface area contributed by atoms with Crippen molar-refractivity contribution in [3.05, 3.63) is 65.3 Å². The fourth-order valence-corrected chi connectivity index (χ4v) is 4.10. The first kappa shape index (κ1) is 18.3. The molecule has 1 aliphatic rings. The van der Waals surface area contributed by atoms with Crippen molar-refractivity contribution in [1.29, 1.82) is 0 Å². The molecule has 5 rings (SSSR count). The summed E-state index contributed by atoms with van der Waals surface area (Å²) in [6, 6.07) is 15.6. The molecule has 2 aromatic carbocycles. The molecule has 0 unspecified atom stereocenters. The van der Waals surface area contributed by atoms with E-state index < -0.39 is 0 Å². The third-order valence-electron chi connectivity index (χ3n) is 5.37. The Morgan fingerprint density at radius 2 is 2.00 bits per heavy atom. The van der Waals surface area contributed by atoms with Gasteiger partial charge in [0.2, 0.25) is 17.6 Å². The second-order valence-electron chi connectivity index (χ2n) is 7.34. The number of piperidine rings is 1. The van der Waals surface area contributed by atoms with E-state index in [2.05, 4.69) is 15.0 Å². The smallest absolute Gasteiger partial charge is 0.228 e. The zero-order valence-corrected chi connectivity index (χ0v) is 16.7. The second kappa shape index (κ2) is 7.97. The highest BCUT2D eigenvalue weighted by Crippen LogP contribution is 2.32. The first-order chi connectivity index (χ1) is 14.3. The standard InChI is InChI=1S/C22H21ClN4O2/c23-16-7-5-6-15(14-16)21-25-20(29-26-21)11-13-27-12-4-3-9-18(27)22-24-17-8-1-2-10-19(17)28-22/h1-2,5-8,10,14,18H,3-4,9,11-13H2/t18-/m0/s1. The zero-order valence-electron chi connectivity index (χ0n) is 15.9. The van der Waals surface area contributed by atoms with Gasteiger partial charge in [-0.1, -0.05) is 47.4 Å². The van der Waals surface area contributed by atoms with Crippen LogP contribution in [0.4, 0.5) is 0 Å². The molecule has 3 heterocycles. The summed E-state index contributed by atoms with van der Waals surface area (Å²) in [4.78, 5) is 11.7. The van der Waals surface area contributed by atoms with Gasteiger partial charge in [0.15, 0.2) is 5.58 Å². The minimum atomic E-state index is 0.187. The van der Waals surface area contributed by atoms with Crippen molar-refractivity contribution in [3.8, 4) is 11.4 Å². The van der Waals surface area contributed by atoms with E-state index in [0.717, 1.165) is 42.1 Å². The van der Waals surface area contributed by atoms with Crippen LogP contribution in [0, 0.1) is 0 Å². The van der Waals surface area contributed by atoms with Crippen molar-refractivity contribution in [2.75, 3.05) is 13.1 Å². The van der Waals surface area contributed by atoms with Crippen molar-refractivity contribution in [2.24, 2.45) is 0 Å². The molecule has 1 atom stereocenters. The summed E-state index contributed by atoms with van der Waals surface area (Å²) < 4.78 is 11.5. The van der Waals surface area contributed by atoms with Crippen molar-refractivity contribution < 1.29 is 8.94 Å². The lowest BCUT2D eigenvalue weighted by atomic mass is 10.0. The largest absolute Gasteiger partial charge is 0.439 e. The highest BCUT2D eigenvalue weighted by atomic mass is 35.5. The molecule has 0 aliphatic carbocycles. The van der Waals surface area contributed by atoms with Crippen LogP contribution in [0.1, 0.15) is 37.1 Å². The number of nitrogens with zero attached hydrogens (tertiary/aromatic N) is 4. The van der Waals surface area contributed by atoms with Gasteiger partial charge in [0, 0.05) is 23.6 Å². The molecule has 1 fully saturated rings. The van der Waals surface area contributed by atoms with Crippen LogP contribution in [0.5, 0.6) is 0 Å². The summed E-state index contributed by atoms with van der Waals surface area (Å²) in [6.45, 7) is 1.83. The van der Waals surface area contributed by atoms with E-state index in [0.29, 0.717) is 23.2 Å². The zero-order chi connectivity index (χ0) is 19.6. The number of para-hydroxylation sites is 2. The fraction of sp³-hybridized carbons (Fsp3) is 0.318. The van der Waals surface area contributed by atoms with Crippen molar-refractivity contribution in [1.82, 2.24) is 20.0 Å². The first-order valence-corrected chi connectivity index (χ1v) is 10.3. The Kier molecular flexibility index (Phi) is 5.04. The van der Waals surface area contributed by atoms with Crippen LogP contribution in [0.15, 0.2) is 57.5 Å². The third-order valence-corrected chi connectivity index (χ3v) is 5.61. The van der Waals surface area contributed by atoms with Gasteiger partial charge in [-0.3, -0.25) is 4.90 Å². The lowest BCUT2D eigenvalue weighted by Gasteiger charge is -2.33. The van der Waals surface area contributed by atoms with Gasteiger partial charge in [-0.2, -0.15) is 4.98 Å². The fourth-order valence-electron chi connectivity index (χ4n) is 3.91. The minimum absolute atomic E-state index is 0.187. The Labute approximate surface area is 173 Å². The summed E-state index contributed by atoms with van der Waals surface area (Å²) in [7, 11) is 0. The van der Waals surface area contributed by atoms with Gasteiger partial charge < -0.3 is 8.94 Å². The van der Waals surface area contributed by atoms with Gasteiger partial charge in [-0.15, -0.1) is 0 Å². The summed E-state index contributed by atoms with van der Waals surface area (Å²) in [5.74, 6) is 1.99. The SMILES string of the molecule is Clc1cccc(-c2noc(CCN3CCCC[C@H]3c3nc4ccccc4o3)n2)c1. The Hall–Kier alpha value is -2.70.